The second-order valence-corrected chi connectivity index (χ2v) is 19.1. The van der Waals surface area contributed by atoms with Gasteiger partial charge >= 0.3 is 6.18 Å². The van der Waals surface area contributed by atoms with E-state index in [1.807, 2.05) is 6.92 Å². The molecule has 0 radical (unpaired) electrons. The van der Waals surface area contributed by atoms with Gasteiger partial charge in [-0.1, -0.05) is 58.0 Å². The van der Waals surface area contributed by atoms with E-state index in [0.29, 0.717) is 38.6 Å². The molecular weight excluding hydrogens is 982 g/mol. The summed E-state index contributed by atoms with van der Waals surface area (Å²) >= 11 is 28.4. The number of nitrogen functional groups attached to an aromatic ring is 1. The summed E-state index contributed by atoms with van der Waals surface area (Å²) in [6, 6.07) is 12.0. The van der Waals surface area contributed by atoms with Gasteiger partial charge in [0.1, 0.15) is 11.4 Å². The molecule has 0 aliphatic carbocycles. The Bertz CT molecular complexity index is 2900. The third-order valence-corrected chi connectivity index (χ3v) is 12.5. The first kappa shape index (κ1) is 50.1. The maximum absolute atomic E-state index is 13.2. The minimum atomic E-state index is -4.86. The van der Waals surface area contributed by atoms with Crippen molar-refractivity contribution in [2.45, 2.75) is 43.7 Å². The second-order valence-electron chi connectivity index (χ2n) is 12.7. The molecule has 4 heterocycles. The number of nitrogens with one attached hydrogen (secondary N) is 1. The maximum Gasteiger partial charge on any atom is 0.417 e. The molecule has 4 aromatic heterocycles. The minimum Gasteiger partial charge on any atom is -0.397 e. The Balaban J connectivity index is 0.000000235. The zero-order valence-electron chi connectivity index (χ0n) is 32.1. The van der Waals surface area contributed by atoms with E-state index in [2.05, 4.69) is 24.7 Å². The fraction of sp³-hybridized carbons (Fsp3) is 0.128. The smallest absolute Gasteiger partial charge is 0.397 e. The molecule has 6 aromatic rings. The standard InChI is InChI=1S/C20H14Cl2F3N3O3S.C13H12ClN3O.C6H3Cl3O2S/c1-10-5-6-26-11(2)17(10)19(29)18-16(7-12(21)9-27-18)28-32(30,31)13-3-4-15(22)14(8-13)20(23,24)25;1-7-3-4-16-8(2)11(7)13(18)12-10(15)5-9(14)6-17-12;7-5-2-1-4(3-6(5)8)12(9,10)11/h3-9,28H,1-2H3;3-6H,15H2,1-2H3;1-3H. The molecule has 3 N–H and O–H groups in total. The molecule has 12 nitrogen and oxygen atoms in total. The van der Waals surface area contributed by atoms with Crippen molar-refractivity contribution in [3.8, 4) is 0 Å². The number of aromatic nitrogens is 4. The topological polar surface area (TPSA) is 192 Å². The number of aryl methyl sites for hydroxylation is 4. The molecule has 2 aromatic carbocycles. The van der Waals surface area contributed by atoms with E-state index in [0.717, 1.165) is 30.0 Å². The number of carbonyl (C=O) groups excluding carboxylic acids is 2. The van der Waals surface area contributed by atoms with Crippen LogP contribution in [-0.4, -0.2) is 48.3 Å². The molecule has 62 heavy (non-hydrogen) atoms. The van der Waals surface area contributed by atoms with Crippen LogP contribution in [0.2, 0.25) is 25.1 Å². The molecule has 0 saturated carbocycles. The van der Waals surface area contributed by atoms with Crippen molar-refractivity contribution in [2.75, 3.05) is 10.5 Å². The van der Waals surface area contributed by atoms with Crippen LogP contribution in [0.1, 0.15) is 60.2 Å². The van der Waals surface area contributed by atoms with Gasteiger partial charge in [0.15, 0.2) is 0 Å². The maximum atomic E-state index is 13.2. The van der Waals surface area contributed by atoms with Gasteiger partial charge in [0.05, 0.1) is 51.8 Å². The lowest BCUT2D eigenvalue weighted by molar-refractivity contribution is -0.137. The van der Waals surface area contributed by atoms with Crippen molar-refractivity contribution in [3.05, 3.63) is 161 Å². The Labute approximate surface area is 383 Å². The molecular formula is C39H29Cl6F3N6O6S2. The average Bonchev–Trinajstić information content (AvgIpc) is 3.15. The van der Waals surface area contributed by atoms with Crippen LogP contribution in [0.3, 0.4) is 0 Å². The molecule has 0 aliphatic rings. The lowest BCUT2D eigenvalue weighted by atomic mass is 10.0. The van der Waals surface area contributed by atoms with Crippen LogP contribution < -0.4 is 10.5 Å². The van der Waals surface area contributed by atoms with E-state index in [1.54, 1.807) is 39.1 Å². The van der Waals surface area contributed by atoms with E-state index >= 15 is 0 Å². The fourth-order valence-electron chi connectivity index (χ4n) is 5.38. The van der Waals surface area contributed by atoms with Crippen LogP contribution in [0, 0.1) is 27.7 Å². The lowest BCUT2D eigenvalue weighted by Crippen LogP contribution is -2.19. The molecule has 0 aliphatic heterocycles. The van der Waals surface area contributed by atoms with Gasteiger partial charge in [-0.15, -0.1) is 0 Å². The number of hydrogen-bond donors (Lipinski definition) is 2. The molecule has 0 unspecified atom stereocenters. The summed E-state index contributed by atoms with van der Waals surface area (Å²) < 4.78 is 88.7. The average molecular weight is 1010 g/mol. The Hall–Kier alpha value is -4.59. The van der Waals surface area contributed by atoms with Crippen molar-refractivity contribution in [3.63, 3.8) is 0 Å². The molecule has 0 fully saturated rings. The van der Waals surface area contributed by atoms with E-state index < -0.39 is 46.5 Å². The van der Waals surface area contributed by atoms with E-state index in [1.165, 1.54) is 36.7 Å². The van der Waals surface area contributed by atoms with Crippen molar-refractivity contribution < 1.29 is 39.6 Å². The molecule has 326 valence electrons. The van der Waals surface area contributed by atoms with Crippen LogP contribution in [0.5, 0.6) is 0 Å². The first-order valence-electron chi connectivity index (χ1n) is 17.0. The largest absolute Gasteiger partial charge is 0.417 e. The number of nitrogens with two attached hydrogens (primary N) is 1. The zero-order chi connectivity index (χ0) is 46.5. The molecule has 0 atom stereocenters. The first-order chi connectivity index (χ1) is 28.7. The highest BCUT2D eigenvalue weighted by Gasteiger charge is 2.35. The Morgan fingerprint density at radius 2 is 1.11 bits per heavy atom. The SMILES string of the molecule is Cc1ccnc(C)c1C(=O)c1ncc(Cl)cc1N.Cc1ccnc(C)c1C(=O)c1ncc(Cl)cc1NS(=O)(=O)c1ccc(Cl)c(C(F)(F)F)c1.O=S(=O)(Cl)c1ccc(Cl)c(Cl)c1. The second kappa shape index (κ2) is 20.3. The third-order valence-electron chi connectivity index (χ3n) is 8.29. The minimum absolute atomic E-state index is 0.00553. The summed E-state index contributed by atoms with van der Waals surface area (Å²) in [5.74, 6) is -0.859. The van der Waals surface area contributed by atoms with Crippen molar-refractivity contribution >= 4 is 111 Å². The van der Waals surface area contributed by atoms with E-state index in [-0.39, 0.29) is 49.1 Å². The van der Waals surface area contributed by atoms with Crippen molar-refractivity contribution in [2.24, 2.45) is 0 Å². The number of alkyl halides is 3. The number of ketones is 2. The zero-order valence-corrected chi connectivity index (χ0v) is 38.3. The van der Waals surface area contributed by atoms with E-state index in [9.17, 15) is 39.6 Å². The molecule has 6 rings (SSSR count). The van der Waals surface area contributed by atoms with Crippen molar-refractivity contribution in [1.82, 2.24) is 19.9 Å². The number of halogens is 9. The number of anilines is 2. The van der Waals surface area contributed by atoms with Gasteiger partial charge in [-0.3, -0.25) is 24.3 Å². The highest BCUT2D eigenvalue weighted by Crippen LogP contribution is 2.37. The van der Waals surface area contributed by atoms with Crippen LogP contribution in [-0.2, 0) is 25.3 Å². The highest BCUT2D eigenvalue weighted by molar-refractivity contribution is 8.13. The molecule has 0 bridgehead atoms. The van der Waals surface area contributed by atoms with Gasteiger partial charge in [0.25, 0.3) is 19.1 Å². The van der Waals surface area contributed by atoms with Crippen LogP contribution in [0.4, 0.5) is 24.5 Å². The summed E-state index contributed by atoms with van der Waals surface area (Å²) in [6.07, 6.45) is 0.875. The predicted octanol–water partition coefficient (Wildman–Crippen LogP) is 10.9. The summed E-state index contributed by atoms with van der Waals surface area (Å²) in [4.78, 5) is 40.9. The number of benzene rings is 2. The van der Waals surface area contributed by atoms with Gasteiger partial charge in [0.2, 0.25) is 11.6 Å². The van der Waals surface area contributed by atoms with Gasteiger partial charge in [-0.05, 0) is 99.5 Å². The molecule has 23 heteroatoms. The molecule has 0 saturated heterocycles. The summed E-state index contributed by atoms with van der Waals surface area (Å²) in [7, 11) is -3.22. The number of pyridine rings is 4. The molecule has 0 amide bonds. The summed E-state index contributed by atoms with van der Waals surface area (Å²) in [5, 5.41) is 0.216. The number of carbonyl (C=O) groups is 2. The number of nitrogens with zero attached hydrogens (tertiary/aromatic N) is 4. The van der Waals surface area contributed by atoms with Gasteiger partial charge < -0.3 is 5.73 Å². The van der Waals surface area contributed by atoms with Gasteiger partial charge in [0, 0.05) is 58.0 Å². The number of sulfonamides is 1. The van der Waals surface area contributed by atoms with Gasteiger partial charge in [-0.2, -0.15) is 13.2 Å². The fourth-order valence-corrected chi connectivity index (χ4v) is 8.15. The highest BCUT2D eigenvalue weighted by atomic mass is 35.7. The van der Waals surface area contributed by atoms with Crippen LogP contribution in [0.25, 0.3) is 0 Å². The first-order valence-corrected chi connectivity index (χ1v) is 22.7. The predicted molar refractivity (Wildman–Crippen MR) is 234 cm³/mol. The van der Waals surface area contributed by atoms with Crippen molar-refractivity contribution in [1.29, 1.82) is 0 Å². The number of rotatable bonds is 8. The Morgan fingerprint density at radius 3 is 1.60 bits per heavy atom. The quantitative estimate of drug-likeness (QED) is 0.109. The Kier molecular flexibility index (Phi) is 16.4. The third kappa shape index (κ3) is 12.5. The molecule has 0 spiro atoms. The van der Waals surface area contributed by atoms with Crippen LogP contribution >= 0.6 is 68.7 Å². The van der Waals surface area contributed by atoms with E-state index in [4.69, 9.17) is 74.4 Å². The monoisotopic (exact) mass is 1010 g/mol. The van der Waals surface area contributed by atoms with Gasteiger partial charge in [-0.25, -0.2) is 26.8 Å². The summed E-state index contributed by atoms with van der Waals surface area (Å²) in [5.41, 5.74) is 7.60. The summed E-state index contributed by atoms with van der Waals surface area (Å²) in [6.45, 7) is 6.92. The number of hydrogen-bond acceptors (Lipinski definition) is 11. The van der Waals surface area contributed by atoms with Crippen LogP contribution in [0.15, 0.2) is 95.2 Å². The normalized spacial score (nSPS) is 11.4. The lowest BCUT2D eigenvalue weighted by Gasteiger charge is -2.15. The Morgan fingerprint density at radius 1 is 0.629 bits per heavy atom.